The predicted molar refractivity (Wildman–Crippen MR) is 100 cm³/mol. The predicted octanol–water partition coefficient (Wildman–Crippen LogP) is 2.17. The number of nitrogens with zero attached hydrogens (tertiary/aromatic N) is 3. The third kappa shape index (κ3) is 3.30. The molecule has 2 aliphatic heterocycles. The molecule has 0 aromatic heterocycles. The second kappa shape index (κ2) is 7.66. The fourth-order valence-corrected chi connectivity index (χ4v) is 4.54. The van der Waals surface area contributed by atoms with E-state index in [9.17, 15) is 9.59 Å². The number of ether oxygens (including phenoxy) is 1. The first-order valence-electron chi connectivity index (χ1n) is 9.30. The van der Waals surface area contributed by atoms with Crippen molar-refractivity contribution in [2.24, 2.45) is 0 Å². The van der Waals surface area contributed by atoms with Crippen molar-refractivity contribution >= 4 is 11.9 Å². The Kier molecular flexibility index (Phi) is 5.51. The fourth-order valence-electron chi connectivity index (χ4n) is 4.54. The van der Waals surface area contributed by atoms with Crippen LogP contribution in [0.1, 0.15) is 30.7 Å². The Morgan fingerprint density at radius 2 is 1.88 bits per heavy atom. The molecule has 2 fully saturated rings. The third-order valence-corrected chi connectivity index (χ3v) is 5.87. The molecule has 0 aliphatic carbocycles. The maximum Gasteiger partial charge on any atom is 0.319 e. The van der Waals surface area contributed by atoms with Gasteiger partial charge in [0.2, 0.25) is 5.91 Å². The van der Waals surface area contributed by atoms with Crippen molar-refractivity contribution in [3.63, 3.8) is 0 Å². The highest BCUT2D eigenvalue weighted by Crippen LogP contribution is 2.48. The summed E-state index contributed by atoms with van der Waals surface area (Å²) in [5.41, 5.74) is 0.994. The lowest BCUT2D eigenvalue weighted by molar-refractivity contribution is -0.133. The van der Waals surface area contributed by atoms with Gasteiger partial charge in [0.05, 0.1) is 12.1 Å². The van der Waals surface area contributed by atoms with Gasteiger partial charge in [0.15, 0.2) is 0 Å². The van der Waals surface area contributed by atoms with Crippen LogP contribution in [0.2, 0.25) is 0 Å². The van der Waals surface area contributed by atoms with Gasteiger partial charge in [-0.25, -0.2) is 4.79 Å². The van der Waals surface area contributed by atoms with Crippen LogP contribution in [0.3, 0.4) is 0 Å². The van der Waals surface area contributed by atoms with Gasteiger partial charge in [0.1, 0.15) is 0 Å². The Hall–Kier alpha value is -2.08. The molecular weight excluding hydrogens is 330 g/mol. The Morgan fingerprint density at radius 3 is 2.46 bits per heavy atom. The molecule has 142 valence electrons. The summed E-state index contributed by atoms with van der Waals surface area (Å²) in [6.07, 6.45) is 2.15. The number of benzene rings is 1. The molecule has 6 heteroatoms. The van der Waals surface area contributed by atoms with E-state index >= 15 is 0 Å². The molecule has 26 heavy (non-hydrogen) atoms. The van der Waals surface area contributed by atoms with E-state index in [0.717, 1.165) is 12.8 Å². The van der Waals surface area contributed by atoms with Crippen LogP contribution in [0.4, 0.5) is 4.79 Å². The number of methoxy groups -OCH3 is 1. The van der Waals surface area contributed by atoms with E-state index in [4.69, 9.17) is 4.74 Å². The topological polar surface area (TPSA) is 53.1 Å². The van der Waals surface area contributed by atoms with Crippen LogP contribution in [0.15, 0.2) is 30.3 Å². The summed E-state index contributed by atoms with van der Waals surface area (Å²) in [4.78, 5) is 30.7. The largest absolute Gasteiger partial charge is 0.383 e. The molecule has 2 aliphatic rings. The average molecular weight is 359 g/mol. The van der Waals surface area contributed by atoms with E-state index in [2.05, 4.69) is 12.1 Å². The van der Waals surface area contributed by atoms with Crippen LogP contribution in [0.25, 0.3) is 0 Å². The highest BCUT2D eigenvalue weighted by atomic mass is 16.5. The van der Waals surface area contributed by atoms with Crippen LogP contribution >= 0.6 is 0 Å². The minimum absolute atomic E-state index is 0.0453. The molecule has 1 atom stereocenters. The van der Waals surface area contributed by atoms with Crippen LogP contribution in [-0.4, -0.2) is 79.6 Å². The number of amides is 3. The average Bonchev–Trinajstić information content (AvgIpc) is 2.92. The van der Waals surface area contributed by atoms with E-state index in [1.807, 2.05) is 28.0 Å². The first-order valence-corrected chi connectivity index (χ1v) is 9.30. The van der Waals surface area contributed by atoms with Gasteiger partial charge in [-0.05, 0) is 18.4 Å². The second-order valence-electron chi connectivity index (χ2n) is 7.47. The molecule has 0 radical (unpaired) electrons. The highest BCUT2D eigenvalue weighted by Gasteiger charge is 2.54. The first-order chi connectivity index (χ1) is 12.5. The molecular formula is C20H29N3O3. The molecule has 0 saturated carbocycles. The summed E-state index contributed by atoms with van der Waals surface area (Å²) < 4.78 is 5.25. The van der Waals surface area contributed by atoms with Crippen molar-refractivity contribution in [1.82, 2.24) is 14.7 Å². The summed E-state index contributed by atoms with van der Waals surface area (Å²) >= 11 is 0. The number of urea groups is 1. The lowest BCUT2D eigenvalue weighted by Crippen LogP contribution is -2.57. The zero-order valence-electron chi connectivity index (χ0n) is 16.0. The zero-order valence-corrected chi connectivity index (χ0v) is 16.0. The van der Waals surface area contributed by atoms with E-state index in [1.54, 1.807) is 26.1 Å². The number of piperidine rings is 1. The molecule has 2 saturated heterocycles. The van der Waals surface area contributed by atoms with Gasteiger partial charge in [-0.3, -0.25) is 4.79 Å². The smallest absolute Gasteiger partial charge is 0.319 e. The van der Waals surface area contributed by atoms with Crippen molar-refractivity contribution in [2.45, 2.75) is 30.7 Å². The minimum Gasteiger partial charge on any atom is -0.383 e. The molecule has 0 bridgehead atoms. The summed E-state index contributed by atoms with van der Waals surface area (Å²) in [5.74, 6) is 0.368. The van der Waals surface area contributed by atoms with E-state index in [0.29, 0.717) is 32.7 Å². The van der Waals surface area contributed by atoms with Crippen LogP contribution < -0.4 is 0 Å². The normalized spacial score (nSPS) is 22.1. The Labute approximate surface area is 155 Å². The van der Waals surface area contributed by atoms with Crippen LogP contribution in [-0.2, 0) is 9.53 Å². The molecule has 2 heterocycles. The lowest BCUT2D eigenvalue weighted by Gasteiger charge is -2.48. The third-order valence-electron chi connectivity index (χ3n) is 5.87. The summed E-state index contributed by atoms with van der Waals surface area (Å²) in [7, 11) is 5.23. The minimum atomic E-state index is -0.222. The molecule has 0 N–H and O–H groups in total. The molecule has 1 aromatic rings. The Balaban J connectivity index is 1.87. The van der Waals surface area contributed by atoms with Gasteiger partial charge in [-0.15, -0.1) is 0 Å². The maximum absolute atomic E-state index is 12.8. The fraction of sp³-hybridized carbons (Fsp3) is 0.600. The first kappa shape index (κ1) is 18.7. The van der Waals surface area contributed by atoms with Gasteiger partial charge in [0, 0.05) is 53.2 Å². The highest BCUT2D eigenvalue weighted by molar-refractivity contribution is 5.82. The number of carbonyl (C=O) groups is 2. The summed E-state index contributed by atoms with van der Waals surface area (Å²) in [5, 5.41) is 0. The van der Waals surface area contributed by atoms with Gasteiger partial charge < -0.3 is 19.4 Å². The van der Waals surface area contributed by atoms with Gasteiger partial charge in [-0.2, -0.15) is 0 Å². The summed E-state index contributed by atoms with van der Waals surface area (Å²) in [6, 6.07) is 10.4. The zero-order chi connectivity index (χ0) is 18.7. The van der Waals surface area contributed by atoms with Crippen molar-refractivity contribution in [1.29, 1.82) is 0 Å². The van der Waals surface area contributed by atoms with Gasteiger partial charge in [-0.1, -0.05) is 30.3 Å². The van der Waals surface area contributed by atoms with E-state index in [1.165, 1.54) is 5.56 Å². The monoisotopic (exact) mass is 359 g/mol. The SMILES string of the molecule is COCCN1C(=O)CC(c2ccccc2)C12CCN(C(=O)N(C)C)CC2. The number of hydrogen-bond acceptors (Lipinski definition) is 3. The van der Waals surface area contributed by atoms with Crippen molar-refractivity contribution in [3.05, 3.63) is 35.9 Å². The maximum atomic E-state index is 12.8. The quantitative estimate of drug-likeness (QED) is 0.828. The molecule has 3 rings (SSSR count). The lowest BCUT2D eigenvalue weighted by atomic mass is 9.73. The summed E-state index contributed by atoms with van der Waals surface area (Å²) in [6.45, 7) is 2.50. The second-order valence-corrected chi connectivity index (χ2v) is 7.47. The molecule has 1 aromatic carbocycles. The standard InChI is InChI=1S/C20H29N3O3/c1-21(2)19(25)22-11-9-20(10-12-22)17(16-7-5-4-6-8-16)15-18(24)23(20)13-14-26-3/h4-8,17H,9-15H2,1-3H3. The van der Waals surface area contributed by atoms with E-state index in [-0.39, 0.29) is 23.4 Å². The number of rotatable bonds is 4. The van der Waals surface area contributed by atoms with Gasteiger partial charge in [0.25, 0.3) is 0 Å². The number of likely N-dealkylation sites (tertiary alicyclic amines) is 2. The Bertz CT molecular complexity index is 639. The van der Waals surface area contributed by atoms with Crippen molar-refractivity contribution < 1.29 is 14.3 Å². The van der Waals surface area contributed by atoms with Gasteiger partial charge >= 0.3 is 6.03 Å². The molecule has 6 nitrogen and oxygen atoms in total. The molecule has 3 amide bonds. The van der Waals surface area contributed by atoms with E-state index < -0.39 is 0 Å². The number of hydrogen-bond donors (Lipinski definition) is 0. The number of carbonyl (C=O) groups excluding carboxylic acids is 2. The molecule has 1 spiro atoms. The van der Waals surface area contributed by atoms with Crippen LogP contribution in [0, 0.1) is 0 Å². The van der Waals surface area contributed by atoms with Crippen LogP contribution in [0.5, 0.6) is 0 Å². The Morgan fingerprint density at radius 1 is 1.23 bits per heavy atom. The molecule has 1 unspecified atom stereocenters. The van der Waals surface area contributed by atoms with Crippen molar-refractivity contribution in [2.75, 3.05) is 47.4 Å². The van der Waals surface area contributed by atoms with Crippen molar-refractivity contribution in [3.8, 4) is 0 Å².